The molecule has 168 valence electrons. The zero-order chi connectivity index (χ0) is 22.4. The van der Waals surface area contributed by atoms with Crippen LogP contribution in [0.15, 0.2) is 29.5 Å². The Morgan fingerprint density at radius 2 is 2.10 bits per heavy atom. The highest BCUT2D eigenvalue weighted by Gasteiger charge is 2.47. The molecule has 5 nitrogen and oxygen atoms in total. The van der Waals surface area contributed by atoms with Gasteiger partial charge in [0, 0.05) is 0 Å². The lowest BCUT2D eigenvalue weighted by Crippen LogP contribution is -3.02. The van der Waals surface area contributed by atoms with E-state index in [4.69, 9.17) is 5.73 Å². The molecule has 1 aliphatic heterocycles. The maximum atomic E-state index is 6.20. The second-order valence-electron chi connectivity index (χ2n) is 11.1. The molecular weight excluding hydrogens is 382 g/mol. The summed E-state index contributed by atoms with van der Waals surface area (Å²) in [5.41, 5.74) is 11.9. The van der Waals surface area contributed by atoms with Crippen LogP contribution in [0, 0.1) is 22.7 Å². The minimum atomic E-state index is 0.326. The normalized spacial score (nSPS) is 32.2. The predicted molar refractivity (Wildman–Crippen MR) is 128 cm³/mol. The van der Waals surface area contributed by atoms with E-state index in [2.05, 4.69) is 74.9 Å². The fourth-order valence-electron chi connectivity index (χ4n) is 6.20. The van der Waals surface area contributed by atoms with E-state index in [1.807, 2.05) is 0 Å². The highest BCUT2D eigenvalue weighted by atomic mass is 15.3. The molecule has 2 heterocycles. The Morgan fingerprint density at radius 1 is 1.32 bits per heavy atom. The number of hydrogen-bond donors (Lipinski definition) is 2. The molecule has 0 bridgehead atoms. The third-order valence-corrected chi connectivity index (χ3v) is 8.64. The van der Waals surface area contributed by atoms with E-state index in [1.165, 1.54) is 37.7 Å². The quantitative estimate of drug-likeness (QED) is 0.544. The van der Waals surface area contributed by atoms with E-state index in [9.17, 15) is 0 Å². The van der Waals surface area contributed by atoms with Crippen molar-refractivity contribution < 1.29 is 9.48 Å². The fourth-order valence-corrected chi connectivity index (χ4v) is 6.20. The molecular formula is C26H41N5+2. The molecule has 1 aromatic rings. The van der Waals surface area contributed by atoms with Crippen molar-refractivity contribution >= 4 is 23.5 Å². The molecule has 1 fully saturated rings. The number of nitrogens with one attached hydrogen (secondary N) is 1. The first-order valence-electron chi connectivity index (χ1n) is 12.1. The van der Waals surface area contributed by atoms with E-state index >= 15 is 0 Å². The van der Waals surface area contributed by atoms with Gasteiger partial charge in [0.15, 0.2) is 6.54 Å². The Bertz CT molecular complexity index is 941. The van der Waals surface area contributed by atoms with Crippen molar-refractivity contribution in [1.29, 1.82) is 0 Å². The summed E-state index contributed by atoms with van der Waals surface area (Å²) in [5.74, 6) is 2.43. The van der Waals surface area contributed by atoms with Crippen LogP contribution in [-0.4, -0.2) is 34.7 Å². The molecule has 2 aliphatic carbocycles. The molecule has 0 spiro atoms. The predicted octanol–water partition coefficient (Wildman–Crippen LogP) is 4.42. The van der Waals surface area contributed by atoms with Gasteiger partial charge >= 0.3 is 17.8 Å². The number of hydrogen-bond acceptors (Lipinski definition) is 3. The molecule has 4 atom stereocenters. The van der Waals surface area contributed by atoms with Gasteiger partial charge in [-0.25, -0.2) is 4.90 Å². The molecule has 0 aromatic carbocycles. The molecule has 3 aliphatic rings. The molecule has 0 radical (unpaired) electrons. The summed E-state index contributed by atoms with van der Waals surface area (Å²) in [6.45, 7) is 13.1. The van der Waals surface area contributed by atoms with Crippen LogP contribution in [0.3, 0.4) is 0 Å². The second kappa shape index (κ2) is 8.16. The standard InChI is InChI=1S/C26H40N5/c1-18(12-15-31-17-30(6)24-23(31)22(27)16-28-29-24)11-14-26(5)19(2)9-10-20-21(26)8-7-13-25(20,3)4/h8,12,16-17,19-20H,7,9-11,13-15H2,1-6H3,(H2,27,29)/q+1/p+1/t19-,20-,26+/m0/s1. The molecule has 0 amide bonds. The smallest absolute Gasteiger partial charge is 0.337 e. The van der Waals surface area contributed by atoms with Crippen LogP contribution in [0.4, 0.5) is 17.2 Å². The maximum absolute atomic E-state index is 6.20. The first kappa shape index (κ1) is 22.2. The summed E-state index contributed by atoms with van der Waals surface area (Å²) >= 11 is 0. The topological polar surface area (TPSA) is 59.2 Å². The van der Waals surface area contributed by atoms with Crippen LogP contribution in [0.25, 0.3) is 0 Å². The van der Waals surface area contributed by atoms with Crippen LogP contribution < -0.4 is 10.6 Å². The Kier molecular flexibility index (Phi) is 5.84. The molecule has 1 unspecified atom stereocenters. The number of nitrogens with two attached hydrogens (primary N) is 1. The van der Waals surface area contributed by atoms with Gasteiger partial charge in [-0.15, -0.1) is 4.58 Å². The van der Waals surface area contributed by atoms with E-state index in [-0.39, 0.29) is 0 Å². The zero-order valence-corrected chi connectivity index (χ0v) is 20.3. The Hall–Kier alpha value is -2.01. The van der Waals surface area contributed by atoms with Gasteiger partial charge in [-0.2, -0.15) is 5.10 Å². The zero-order valence-electron chi connectivity index (χ0n) is 20.3. The van der Waals surface area contributed by atoms with Crippen molar-refractivity contribution in [1.82, 2.24) is 10.2 Å². The Balaban J connectivity index is 1.46. The van der Waals surface area contributed by atoms with E-state index in [0.717, 1.165) is 41.2 Å². The largest absolute Gasteiger partial charge is 0.392 e. The Labute approximate surface area is 188 Å². The lowest BCUT2D eigenvalue weighted by Gasteiger charge is -2.53. The molecule has 0 saturated heterocycles. The van der Waals surface area contributed by atoms with Crippen LogP contribution >= 0.6 is 0 Å². The SMILES string of the molecule is CC(=CC[N+]1=C[NH+](C)c2nncc(N)c21)CC[C@@]1(C)C2=CCCC(C)(C)[C@H]2CC[C@@H]1C. The van der Waals surface area contributed by atoms with E-state index < -0.39 is 0 Å². The molecule has 1 aromatic heterocycles. The number of aromatic nitrogens is 2. The van der Waals surface area contributed by atoms with Crippen molar-refractivity contribution in [2.75, 3.05) is 19.3 Å². The highest BCUT2D eigenvalue weighted by molar-refractivity contribution is 5.70. The van der Waals surface area contributed by atoms with E-state index in [1.54, 1.807) is 11.8 Å². The van der Waals surface area contributed by atoms with Crippen molar-refractivity contribution in [3.8, 4) is 0 Å². The van der Waals surface area contributed by atoms with Crippen LogP contribution in [-0.2, 0) is 0 Å². The second-order valence-corrected chi connectivity index (χ2v) is 11.1. The van der Waals surface area contributed by atoms with Gasteiger partial charge in [0.25, 0.3) is 0 Å². The lowest BCUT2D eigenvalue weighted by atomic mass is 9.52. The van der Waals surface area contributed by atoms with Crippen molar-refractivity contribution in [2.45, 2.75) is 73.1 Å². The average Bonchev–Trinajstić information content (AvgIpc) is 3.05. The summed E-state index contributed by atoms with van der Waals surface area (Å²) in [4.78, 5) is 1.13. The molecule has 31 heavy (non-hydrogen) atoms. The third-order valence-electron chi connectivity index (χ3n) is 8.64. The van der Waals surface area contributed by atoms with Gasteiger partial charge in [0.2, 0.25) is 0 Å². The number of allylic oxidation sites excluding steroid dienone is 3. The van der Waals surface area contributed by atoms with Gasteiger partial charge < -0.3 is 5.73 Å². The molecule has 4 rings (SSSR count). The minimum absolute atomic E-state index is 0.326. The summed E-state index contributed by atoms with van der Waals surface area (Å²) in [6, 6.07) is 0. The number of quaternary nitrogens is 1. The average molecular weight is 424 g/mol. The fraction of sp³-hybridized carbons (Fsp3) is 0.654. The van der Waals surface area contributed by atoms with Gasteiger partial charge in [-0.1, -0.05) is 50.0 Å². The lowest BCUT2D eigenvalue weighted by molar-refractivity contribution is -0.711. The number of fused-ring (bicyclic) bond motifs is 2. The van der Waals surface area contributed by atoms with Crippen LogP contribution in [0.2, 0.25) is 0 Å². The van der Waals surface area contributed by atoms with Crippen LogP contribution in [0.1, 0.15) is 73.1 Å². The van der Waals surface area contributed by atoms with Crippen molar-refractivity contribution in [3.05, 3.63) is 29.5 Å². The van der Waals surface area contributed by atoms with Crippen molar-refractivity contribution in [3.63, 3.8) is 0 Å². The number of anilines is 1. The number of nitrogen functional groups attached to an aromatic ring is 1. The highest BCUT2D eigenvalue weighted by Crippen LogP contribution is 2.58. The summed E-state index contributed by atoms with van der Waals surface area (Å²) in [5, 5.41) is 8.29. The molecule has 3 N–H and O–H groups in total. The number of rotatable bonds is 5. The third kappa shape index (κ3) is 3.97. The molecule has 1 saturated carbocycles. The summed E-state index contributed by atoms with van der Waals surface area (Å²) in [7, 11) is 2.07. The number of nitrogens with zero attached hydrogens (tertiary/aromatic N) is 3. The van der Waals surface area contributed by atoms with Crippen molar-refractivity contribution in [2.24, 2.45) is 22.7 Å². The molecule has 5 heteroatoms. The Morgan fingerprint density at radius 3 is 2.87 bits per heavy atom. The van der Waals surface area contributed by atoms with Gasteiger partial charge in [0.1, 0.15) is 5.69 Å². The first-order valence-corrected chi connectivity index (χ1v) is 12.1. The summed E-state index contributed by atoms with van der Waals surface area (Å²) in [6.07, 6.45) is 16.5. The van der Waals surface area contributed by atoms with E-state index in [0.29, 0.717) is 16.5 Å². The summed E-state index contributed by atoms with van der Waals surface area (Å²) < 4.78 is 2.21. The van der Waals surface area contributed by atoms with Crippen LogP contribution in [0.5, 0.6) is 0 Å². The first-order chi connectivity index (χ1) is 14.6. The minimum Gasteiger partial charge on any atom is -0.392 e. The monoisotopic (exact) mass is 423 g/mol. The van der Waals surface area contributed by atoms with Gasteiger partial charge in [0.05, 0.1) is 13.2 Å². The van der Waals surface area contributed by atoms with Gasteiger partial charge in [-0.3, -0.25) is 0 Å². The maximum Gasteiger partial charge on any atom is 0.337 e. The van der Waals surface area contributed by atoms with Gasteiger partial charge in [-0.05, 0) is 74.2 Å².